The topological polar surface area (TPSA) is 107 Å². The van der Waals surface area contributed by atoms with Crippen molar-refractivity contribution in [2.45, 2.75) is 25.3 Å². The highest BCUT2D eigenvalue weighted by molar-refractivity contribution is 5.79. The van der Waals surface area contributed by atoms with Gasteiger partial charge in [0.05, 0.1) is 32.7 Å². The Morgan fingerprint density at radius 3 is 2.62 bits per heavy atom. The quantitative estimate of drug-likeness (QED) is 0.576. The highest BCUT2D eigenvalue weighted by atomic mass is 16.7. The first-order valence-electron chi connectivity index (χ1n) is 11.3. The number of hydrogen-bond donors (Lipinski definition) is 2. The molecule has 3 atom stereocenters. The number of fused-ring (bicyclic) bond motifs is 1. The normalized spacial score (nSPS) is 21.3. The van der Waals surface area contributed by atoms with Crippen LogP contribution in [0.2, 0.25) is 0 Å². The number of hydrogen-bond acceptors (Lipinski definition) is 7. The number of carboxylic acid groups (broad SMARTS) is 1. The Morgan fingerprint density at radius 2 is 1.91 bits per heavy atom. The van der Waals surface area contributed by atoms with E-state index in [4.69, 9.17) is 18.9 Å². The van der Waals surface area contributed by atoms with Gasteiger partial charge in [0.2, 0.25) is 12.7 Å². The molecule has 2 aromatic carbocycles. The molecule has 2 heterocycles. The molecule has 1 saturated heterocycles. The largest absolute Gasteiger partial charge is 0.497 e. The number of carboxylic acids is 1. The van der Waals surface area contributed by atoms with Crippen molar-refractivity contribution in [3.8, 4) is 23.0 Å². The first kappa shape index (κ1) is 23.7. The van der Waals surface area contributed by atoms with Crippen LogP contribution in [0.1, 0.15) is 36.4 Å². The van der Waals surface area contributed by atoms with Gasteiger partial charge in [-0.05, 0) is 30.2 Å². The molecule has 2 aliphatic heterocycles. The van der Waals surface area contributed by atoms with E-state index in [0.717, 1.165) is 12.0 Å². The lowest BCUT2D eigenvalue weighted by Crippen LogP contribution is -2.38. The average Bonchev–Trinajstić information content (AvgIpc) is 3.46. The van der Waals surface area contributed by atoms with Crippen molar-refractivity contribution in [2.75, 3.05) is 40.6 Å². The maximum atomic E-state index is 12.7. The summed E-state index contributed by atoms with van der Waals surface area (Å²) in [4.78, 5) is 27.3. The minimum absolute atomic E-state index is 0.0741. The van der Waals surface area contributed by atoms with Gasteiger partial charge in [0.15, 0.2) is 11.5 Å². The third kappa shape index (κ3) is 4.61. The summed E-state index contributed by atoms with van der Waals surface area (Å²) in [6, 6.07) is 10.3. The summed E-state index contributed by atoms with van der Waals surface area (Å²) in [5.74, 6) is 0.0734. The fraction of sp³-hybridized carbons (Fsp3) is 0.440. The molecule has 34 heavy (non-hydrogen) atoms. The first-order valence-corrected chi connectivity index (χ1v) is 11.3. The Morgan fingerprint density at radius 1 is 1.12 bits per heavy atom. The van der Waals surface area contributed by atoms with E-state index < -0.39 is 17.9 Å². The lowest BCUT2D eigenvalue weighted by atomic mass is 9.82. The van der Waals surface area contributed by atoms with E-state index >= 15 is 0 Å². The van der Waals surface area contributed by atoms with Crippen molar-refractivity contribution >= 4 is 11.9 Å². The number of nitrogens with one attached hydrogen (secondary N) is 1. The monoisotopic (exact) mass is 470 g/mol. The van der Waals surface area contributed by atoms with E-state index in [2.05, 4.69) is 5.32 Å². The summed E-state index contributed by atoms with van der Waals surface area (Å²) in [7, 11) is 3.10. The zero-order chi connectivity index (χ0) is 24.2. The van der Waals surface area contributed by atoms with Crippen molar-refractivity contribution in [3.63, 3.8) is 0 Å². The lowest BCUT2D eigenvalue weighted by molar-refractivity contribution is -0.143. The van der Waals surface area contributed by atoms with E-state index in [1.807, 2.05) is 30.0 Å². The Bertz CT molecular complexity index is 1060. The Labute approximate surface area is 198 Å². The van der Waals surface area contributed by atoms with E-state index in [-0.39, 0.29) is 25.2 Å². The van der Waals surface area contributed by atoms with Crippen LogP contribution in [0.4, 0.5) is 0 Å². The van der Waals surface area contributed by atoms with Crippen LogP contribution in [0.5, 0.6) is 23.0 Å². The Kier molecular flexibility index (Phi) is 7.12. The molecule has 4 rings (SSSR count). The lowest BCUT2D eigenvalue weighted by Gasteiger charge is -2.28. The molecule has 0 spiro atoms. The molecule has 2 aliphatic rings. The fourth-order valence-corrected chi connectivity index (χ4v) is 4.81. The summed E-state index contributed by atoms with van der Waals surface area (Å²) in [6.45, 7) is 3.15. The molecule has 182 valence electrons. The minimum atomic E-state index is -0.943. The molecular formula is C25H30N2O7. The second-order valence-corrected chi connectivity index (χ2v) is 8.42. The van der Waals surface area contributed by atoms with Crippen LogP contribution in [-0.4, -0.2) is 62.5 Å². The second-order valence-electron chi connectivity index (χ2n) is 8.42. The highest BCUT2D eigenvalue weighted by Gasteiger charge is 2.49. The third-order valence-corrected chi connectivity index (χ3v) is 6.39. The van der Waals surface area contributed by atoms with Crippen LogP contribution in [-0.2, 0) is 9.59 Å². The van der Waals surface area contributed by atoms with Gasteiger partial charge in [-0.15, -0.1) is 0 Å². The second kappa shape index (κ2) is 10.2. The van der Waals surface area contributed by atoms with Crippen molar-refractivity contribution in [3.05, 3.63) is 47.5 Å². The maximum Gasteiger partial charge on any atom is 0.309 e. The number of ether oxygens (including phenoxy) is 4. The van der Waals surface area contributed by atoms with Crippen LogP contribution in [0.15, 0.2) is 36.4 Å². The Balaban J connectivity index is 1.75. The molecule has 1 fully saturated rings. The van der Waals surface area contributed by atoms with Gasteiger partial charge in [-0.2, -0.15) is 0 Å². The predicted molar refractivity (Wildman–Crippen MR) is 124 cm³/mol. The number of nitrogens with zero attached hydrogens (tertiary/aromatic N) is 1. The molecule has 0 aliphatic carbocycles. The van der Waals surface area contributed by atoms with Gasteiger partial charge >= 0.3 is 5.97 Å². The van der Waals surface area contributed by atoms with Crippen molar-refractivity contribution in [1.82, 2.24) is 10.2 Å². The summed E-state index contributed by atoms with van der Waals surface area (Å²) in [6.07, 6.45) is 0.818. The number of aliphatic carboxylic acids is 1. The van der Waals surface area contributed by atoms with Crippen molar-refractivity contribution < 1.29 is 33.6 Å². The summed E-state index contributed by atoms with van der Waals surface area (Å²) in [5.41, 5.74) is 1.52. The molecule has 0 unspecified atom stereocenters. The van der Waals surface area contributed by atoms with Crippen LogP contribution < -0.4 is 24.3 Å². The zero-order valence-corrected chi connectivity index (χ0v) is 19.6. The summed E-state index contributed by atoms with van der Waals surface area (Å²) >= 11 is 0. The maximum absolute atomic E-state index is 12.7. The van der Waals surface area contributed by atoms with Crippen molar-refractivity contribution in [1.29, 1.82) is 0 Å². The first-order chi connectivity index (χ1) is 16.5. The zero-order valence-electron chi connectivity index (χ0n) is 19.6. The molecule has 0 radical (unpaired) electrons. The standard InChI is InChI=1S/C25H30N2O7/c1-4-9-26-22(28)13-27-12-18(15-5-8-19-21(10-15)34-14-33-19)23(25(29)30)24(27)17-7-6-16(31-2)11-20(17)32-3/h5-8,10-11,18,23-24H,4,9,12-14H2,1-3H3,(H,26,28)(H,29,30)/t18-,23+,24-/m1/s1. The van der Waals surface area contributed by atoms with Gasteiger partial charge in [0, 0.05) is 30.6 Å². The SMILES string of the molecule is CCCNC(=O)CN1C[C@H](c2ccc3c(c2)OCO3)[C@H](C(=O)O)[C@H]1c1ccc(OC)cc1OC. The number of benzene rings is 2. The smallest absolute Gasteiger partial charge is 0.309 e. The number of carbonyl (C=O) groups excluding carboxylic acids is 1. The molecule has 0 aromatic heterocycles. The molecule has 0 bridgehead atoms. The summed E-state index contributed by atoms with van der Waals surface area (Å²) < 4.78 is 21.9. The van der Waals surface area contributed by atoms with Gasteiger partial charge < -0.3 is 29.4 Å². The predicted octanol–water partition coefficient (Wildman–Crippen LogP) is 2.80. The highest BCUT2D eigenvalue weighted by Crippen LogP contribution is 2.49. The third-order valence-electron chi connectivity index (χ3n) is 6.39. The van der Waals surface area contributed by atoms with E-state index in [0.29, 0.717) is 41.7 Å². The molecule has 9 nitrogen and oxygen atoms in total. The van der Waals surface area contributed by atoms with Gasteiger partial charge in [-0.3, -0.25) is 14.5 Å². The molecular weight excluding hydrogens is 440 g/mol. The molecule has 2 N–H and O–H groups in total. The van der Waals surface area contributed by atoms with Crippen LogP contribution in [0.25, 0.3) is 0 Å². The average molecular weight is 471 g/mol. The van der Waals surface area contributed by atoms with Gasteiger partial charge in [0.1, 0.15) is 11.5 Å². The van der Waals surface area contributed by atoms with Gasteiger partial charge in [-0.1, -0.05) is 19.1 Å². The number of likely N-dealkylation sites (tertiary alicyclic amines) is 1. The van der Waals surface area contributed by atoms with Crippen molar-refractivity contribution in [2.24, 2.45) is 5.92 Å². The number of amides is 1. The number of carbonyl (C=O) groups is 2. The van der Waals surface area contributed by atoms with Crippen LogP contribution in [0, 0.1) is 5.92 Å². The number of methoxy groups -OCH3 is 2. The molecule has 9 heteroatoms. The van der Waals surface area contributed by atoms with Crippen LogP contribution >= 0.6 is 0 Å². The van der Waals surface area contributed by atoms with Gasteiger partial charge in [0.25, 0.3) is 0 Å². The molecule has 1 amide bonds. The fourth-order valence-electron chi connectivity index (χ4n) is 4.81. The molecule has 2 aromatic rings. The summed E-state index contributed by atoms with van der Waals surface area (Å²) in [5, 5.41) is 13.3. The van der Waals surface area contributed by atoms with E-state index in [1.165, 1.54) is 7.11 Å². The van der Waals surface area contributed by atoms with E-state index in [1.54, 1.807) is 25.3 Å². The number of rotatable bonds is 9. The minimum Gasteiger partial charge on any atom is -0.497 e. The molecule has 0 saturated carbocycles. The Hall–Kier alpha value is -3.46. The van der Waals surface area contributed by atoms with Crippen LogP contribution in [0.3, 0.4) is 0 Å². The van der Waals surface area contributed by atoms with E-state index in [9.17, 15) is 14.7 Å². The van der Waals surface area contributed by atoms with Gasteiger partial charge in [-0.25, -0.2) is 0 Å².